The van der Waals surface area contributed by atoms with Crippen LogP contribution in [-0.4, -0.2) is 24.4 Å². The van der Waals surface area contributed by atoms with Gasteiger partial charge in [0.15, 0.2) is 6.04 Å². The normalized spacial score (nSPS) is 24.9. The van der Waals surface area contributed by atoms with Gasteiger partial charge in [0.2, 0.25) is 5.91 Å². The second kappa shape index (κ2) is 4.52. The van der Waals surface area contributed by atoms with Gasteiger partial charge in [0, 0.05) is 0 Å². The van der Waals surface area contributed by atoms with Crippen molar-refractivity contribution in [2.24, 2.45) is 16.1 Å². The molecule has 110 valence electrons. The highest BCUT2D eigenvalue weighted by atomic mass is 35.5. The van der Waals surface area contributed by atoms with Gasteiger partial charge in [-0.25, -0.2) is 4.90 Å². The number of carbonyl (C=O) groups is 2. The summed E-state index contributed by atoms with van der Waals surface area (Å²) in [6, 6.07) is 1.97. The predicted molar refractivity (Wildman–Crippen MR) is 65.9 cm³/mol. The van der Waals surface area contributed by atoms with Crippen molar-refractivity contribution in [3.05, 3.63) is 28.8 Å². The van der Waals surface area contributed by atoms with Gasteiger partial charge in [-0.05, 0) is 18.2 Å². The quantitative estimate of drug-likeness (QED) is 0.748. The number of rotatable bonds is 1. The second-order valence-electron chi connectivity index (χ2n) is 4.66. The van der Waals surface area contributed by atoms with Crippen LogP contribution in [0.15, 0.2) is 28.4 Å². The van der Waals surface area contributed by atoms with Gasteiger partial charge in [-0.3, -0.25) is 9.59 Å². The van der Waals surface area contributed by atoms with Gasteiger partial charge < -0.3 is 0 Å². The summed E-state index contributed by atoms with van der Waals surface area (Å²) in [5, 5.41) is 6.79. The average molecular weight is 318 g/mol. The summed E-state index contributed by atoms with van der Waals surface area (Å²) in [4.78, 5) is 24.9. The van der Waals surface area contributed by atoms with E-state index in [1.54, 1.807) is 0 Å². The highest BCUT2D eigenvalue weighted by Gasteiger charge is 2.51. The van der Waals surface area contributed by atoms with Crippen LogP contribution in [0.4, 0.5) is 18.9 Å². The first-order valence-electron chi connectivity index (χ1n) is 5.92. The van der Waals surface area contributed by atoms with Crippen LogP contribution in [0.25, 0.3) is 0 Å². The van der Waals surface area contributed by atoms with Gasteiger partial charge in [0.1, 0.15) is 0 Å². The Hall–Kier alpha value is -1.96. The first-order chi connectivity index (χ1) is 9.80. The highest BCUT2D eigenvalue weighted by Crippen LogP contribution is 2.39. The zero-order chi connectivity index (χ0) is 15.4. The molecule has 2 aliphatic rings. The van der Waals surface area contributed by atoms with Gasteiger partial charge in [-0.1, -0.05) is 11.6 Å². The van der Waals surface area contributed by atoms with E-state index in [1.165, 1.54) is 6.07 Å². The topological polar surface area (TPSA) is 62.1 Å². The van der Waals surface area contributed by atoms with Gasteiger partial charge in [-0.15, -0.1) is 0 Å². The van der Waals surface area contributed by atoms with Gasteiger partial charge in [0.05, 0.1) is 28.7 Å². The maximum atomic E-state index is 12.8. The Morgan fingerprint density at radius 2 is 1.95 bits per heavy atom. The Morgan fingerprint density at radius 1 is 1.24 bits per heavy atom. The van der Waals surface area contributed by atoms with E-state index >= 15 is 0 Å². The molecule has 0 N–H and O–H groups in total. The van der Waals surface area contributed by atoms with Crippen molar-refractivity contribution in [3.63, 3.8) is 0 Å². The zero-order valence-corrected chi connectivity index (χ0v) is 11.0. The highest BCUT2D eigenvalue weighted by molar-refractivity contribution is 6.31. The van der Waals surface area contributed by atoms with Gasteiger partial charge >= 0.3 is 6.18 Å². The largest absolute Gasteiger partial charge is 0.417 e. The molecule has 21 heavy (non-hydrogen) atoms. The van der Waals surface area contributed by atoms with Crippen molar-refractivity contribution in [2.75, 3.05) is 11.4 Å². The molecule has 0 bridgehead atoms. The Kier molecular flexibility index (Phi) is 3.01. The molecule has 2 atom stereocenters. The molecule has 2 heterocycles. The molecule has 9 heteroatoms. The number of anilines is 1. The smallest absolute Gasteiger partial charge is 0.274 e. The lowest BCUT2D eigenvalue weighted by Gasteiger charge is -2.17. The number of halogens is 4. The van der Waals surface area contributed by atoms with Gasteiger partial charge in [-0.2, -0.15) is 23.4 Å². The third-order valence-electron chi connectivity index (χ3n) is 3.39. The number of nitrogens with zero attached hydrogens (tertiary/aromatic N) is 3. The maximum absolute atomic E-state index is 12.8. The number of carbonyl (C=O) groups excluding carboxylic acids is 2. The molecule has 0 spiro atoms. The van der Waals surface area contributed by atoms with Crippen LogP contribution in [0.2, 0.25) is 5.02 Å². The molecule has 1 aromatic rings. The Morgan fingerprint density at radius 3 is 2.57 bits per heavy atom. The van der Waals surface area contributed by atoms with Crippen LogP contribution in [0, 0.1) is 5.92 Å². The lowest BCUT2D eigenvalue weighted by Crippen LogP contribution is -2.32. The molecule has 3 rings (SSSR count). The minimum Gasteiger partial charge on any atom is -0.274 e. The summed E-state index contributed by atoms with van der Waals surface area (Å²) in [7, 11) is 0. The summed E-state index contributed by atoms with van der Waals surface area (Å²) in [5.74, 6) is -1.98. The van der Waals surface area contributed by atoms with Crippen molar-refractivity contribution >= 4 is 29.1 Å². The first kappa shape index (κ1) is 14.0. The predicted octanol–water partition coefficient (Wildman–Crippen LogP) is 2.68. The number of azo groups is 1. The van der Waals surface area contributed by atoms with E-state index in [0.29, 0.717) is 6.07 Å². The first-order valence-corrected chi connectivity index (χ1v) is 6.29. The molecule has 0 radical (unpaired) electrons. The maximum Gasteiger partial charge on any atom is 0.417 e. The number of hydrogen-bond acceptors (Lipinski definition) is 4. The minimum atomic E-state index is -4.67. The second-order valence-corrected chi connectivity index (χ2v) is 5.07. The van der Waals surface area contributed by atoms with Crippen LogP contribution in [0.3, 0.4) is 0 Å². The van der Waals surface area contributed by atoms with E-state index in [2.05, 4.69) is 10.2 Å². The molecule has 2 aliphatic heterocycles. The number of fused-ring (bicyclic) bond motifs is 1. The zero-order valence-electron chi connectivity index (χ0n) is 10.3. The molecule has 5 nitrogen and oxygen atoms in total. The van der Waals surface area contributed by atoms with E-state index in [4.69, 9.17) is 11.6 Å². The van der Waals surface area contributed by atoms with Crippen molar-refractivity contribution in [2.45, 2.75) is 12.2 Å². The number of benzene rings is 1. The SMILES string of the molecule is O=C1[C@H]2CN=N[C@H]2C(=O)N1c1ccc(Cl)c(C(F)(F)F)c1. The fourth-order valence-corrected chi connectivity index (χ4v) is 2.59. The lowest BCUT2D eigenvalue weighted by atomic mass is 10.1. The number of amides is 2. The van der Waals surface area contributed by atoms with E-state index < -0.39 is 40.5 Å². The summed E-state index contributed by atoms with van der Waals surface area (Å²) in [6.45, 7) is 0.0749. The fraction of sp³-hybridized carbons (Fsp3) is 0.333. The van der Waals surface area contributed by atoms with Crippen LogP contribution in [0.1, 0.15) is 5.56 Å². The van der Waals surface area contributed by atoms with Gasteiger partial charge in [0.25, 0.3) is 5.91 Å². The summed E-state index contributed by atoms with van der Waals surface area (Å²) in [5.41, 5.74) is -1.26. The monoisotopic (exact) mass is 317 g/mol. The summed E-state index contributed by atoms with van der Waals surface area (Å²) < 4.78 is 38.5. The summed E-state index contributed by atoms with van der Waals surface area (Å²) in [6.07, 6.45) is -4.67. The Bertz CT molecular complexity index is 674. The van der Waals surface area contributed by atoms with Crippen LogP contribution < -0.4 is 4.90 Å². The third-order valence-corrected chi connectivity index (χ3v) is 3.72. The van der Waals surface area contributed by atoms with Crippen molar-refractivity contribution in [3.8, 4) is 0 Å². The molecular formula is C12H7ClF3N3O2. The van der Waals surface area contributed by atoms with Crippen LogP contribution >= 0.6 is 11.6 Å². The van der Waals surface area contributed by atoms with E-state index in [1.807, 2.05) is 0 Å². The Labute approximate surface area is 121 Å². The molecule has 1 saturated heterocycles. The summed E-state index contributed by atoms with van der Waals surface area (Å²) >= 11 is 5.51. The molecule has 2 amide bonds. The van der Waals surface area contributed by atoms with Crippen LogP contribution in [0.5, 0.6) is 0 Å². The number of alkyl halides is 3. The molecule has 1 aromatic carbocycles. The van der Waals surface area contributed by atoms with Crippen molar-refractivity contribution < 1.29 is 22.8 Å². The number of hydrogen-bond donors (Lipinski definition) is 0. The van der Waals surface area contributed by atoms with E-state index in [9.17, 15) is 22.8 Å². The molecule has 0 unspecified atom stereocenters. The molecule has 0 saturated carbocycles. The fourth-order valence-electron chi connectivity index (χ4n) is 2.37. The van der Waals surface area contributed by atoms with Crippen LogP contribution in [-0.2, 0) is 15.8 Å². The Balaban J connectivity index is 2.04. The van der Waals surface area contributed by atoms with Crippen molar-refractivity contribution in [1.29, 1.82) is 0 Å². The number of imide groups is 1. The van der Waals surface area contributed by atoms with E-state index in [0.717, 1.165) is 11.0 Å². The lowest BCUT2D eigenvalue weighted by molar-refractivity contribution is -0.137. The molecule has 0 aliphatic carbocycles. The van der Waals surface area contributed by atoms with E-state index in [-0.39, 0.29) is 12.2 Å². The van der Waals surface area contributed by atoms with Crippen molar-refractivity contribution in [1.82, 2.24) is 0 Å². The third kappa shape index (κ3) is 2.10. The minimum absolute atomic E-state index is 0.0749. The molecule has 0 aromatic heterocycles. The molecular weight excluding hydrogens is 311 g/mol. The molecule has 1 fully saturated rings. The average Bonchev–Trinajstić information content (AvgIpc) is 2.95. The standard InChI is InChI=1S/C12H7ClF3N3O2/c13-8-2-1-5(3-7(8)12(14,15)16)19-10(20)6-4-17-18-9(6)11(19)21/h1-3,6,9H,4H2/t6-,9+/m0/s1.